The highest BCUT2D eigenvalue weighted by Gasteiger charge is 2.13. The van der Waals surface area contributed by atoms with Crippen LogP contribution >= 0.6 is 46.1 Å². The van der Waals surface area contributed by atoms with Gasteiger partial charge in [-0.15, -0.1) is 11.3 Å². The zero-order chi connectivity index (χ0) is 13.3. The molecule has 96 valence electrons. The van der Waals surface area contributed by atoms with Gasteiger partial charge in [0.25, 0.3) is 0 Å². The van der Waals surface area contributed by atoms with Crippen LogP contribution in [0.3, 0.4) is 0 Å². The molecule has 0 fully saturated rings. The molecular weight excluding hydrogens is 311 g/mol. The van der Waals surface area contributed by atoms with Gasteiger partial charge in [0.05, 0.1) is 26.6 Å². The normalized spacial score (nSPS) is 10.7. The molecule has 1 aromatic carbocycles. The second-order valence-electron chi connectivity index (χ2n) is 3.90. The lowest BCUT2D eigenvalue weighted by molar-refractivity contribution is 0.941. The minimum Gasteiger partial charge on any atom is -0.399 e. The molecule has 0 aliphatic heterocycles. The number of nitrogens with zero attached hydrogens (tertiary/aromatic N) is 1. The summed E-state index contributed by atoms with van der Waals surface area (Å²) in [7, 11) is 1.93. The van der Waals surface area contributed by atoms with Crippen LogP contribution in [0.4, 0.5) is 11.4 Å². The Kier molecular flexibility index (Phi) is 4.28. The lowest BCUT2D eigenvalue weighted by Gasteiger charge is -2.21. The Morgan fingerprint density at radius 2 is 1.78 bits per heavy atom. The zero-order valence-electron chi connectivity index (χ0n) is 9.58. The SMILES string of the molecule is CN(Cc1ccc(Cl)s1)c1c(Cl)cc(N)cc1Cl. The van der Waals surface area contributed by atoms with E-state index in [0.717, 1.165) is 14.9 Å². The topological polar surface area (TPSA) is 29.3 Å². The molecule has 0 unspecified atom stereocenters. The van der Waals surface area contributed by atoms with Gasteiger partial charge in [0.2, 0.25) is 0 Å². The molecule has 2 nitrogen and oxygen atoms in total. The van der Waals surface area contributed by atoms with Crippen molar-refractivity contribution in [3.05, 3.63) is 43.5 Å². The Morgan fingerprint density at radius 1 is 1.17 bits per heavy atom. The summed E-state index contributed by atoms with van der Waals surface area (Å²) in [6.07, 6.45) is 0. The largest absolute Gasteiger partial charge is 0.399 e. The average Bonchev–Trinajstić information content (AvgIpc) is 2.62. The van der Waals surface area contributed by atoms with Crippen molar-refractivity contribution in [1.29, 1.82) is 0 Å². The van der Waals surface area contributed by atoms with Crippen molar-refractivity contribution in [2.24, 2.45) is 0 Å². The van der Waals surface area contributed by atoms with Gasteiger partial charge in [0.15, 0.2) is 0 Å². The molecule has 1 heterocycles. The van der Waals surface area contributed by atoms with Gasteiger partial charge in [-0.05, 0) is 24.3 Å². The van der Waals surface area contributed by atoms with Crippen molar-refractivity contribution in [1.82, 2.24) is 0 Å². The highest BCUT2D eigenvalue weighted by molar-refractivity contribution is 7.16. The van der Waals surface area contributed by atoms with Crippen molar-refractivity contribution in [3.63, 3.8) is 0 Å². The van der Waals surface area contributed by atoms with E-state index in [0.29, 0.717) is 22.3 Å². The number of nitrogen functional groups attached to an aromatic ring is 1. The van der Waals surface area contributed by atoms with Crippen LogP contribution in [0.15, 0.2) is 24.3 Å². The third-order valence-corrected chi connectivity index (χ3v) is 4.23. The highest BCUT2D eigenvalue weighted by atomic mass is 35.5. The van der Waals surface area contributed by atoms with Gasteiger partial charge in [-0.1, -0.05) is 34.8 Å². The Balaban J connectivity index is 2.26. The van der Waals surface area contributed by atoms with E-state index >= 15 is 0 Å². The summed E-state index contributed by atoms with van der Waals surface area (Å²) in [5.74, 6) is 0. The summed E-state index contributed by atoms with van der Waals surface area (Å²) in [5.41, 5.74) is 7.01. The molecular formula is C12H11Cl3N2S. The molecule has 0 atom stereocenters. The number of nitrogens with two attached hydrogens (primary N) is 1. The van der Waals surface area contributed by atoms with E-state index < -0.39 is 0 Å². The van der Waals surface area contributed by atoms with Gasteiger partial charge in [0.1, 0.15) is 0 Å². The third kappa shape index (κ3) is 3.04. The van der Waals surface area contributed by atoms with E-state index in [-0.39, 0.29) is 0 Å². The van der Waals surface area contributed by atoms with Gasteiger partial charge in [-0.3, -0.25) is 0 Å². The lowest BCUT2D eigenvalue weighted by Crippen LogP contribution is -2.16. The summed E-state index contributed by atoms with van der Waals surface area (Å²) in [4.78, 5) is 3.12. The van der Waals surface area contributed by atoms with E-state index in [1.807, 2.05) is 24.1 Å². The summed E-state index contributed by atoms with van der Waals surface area (Å²) in [6, 6.07) is 7.26. The monoisotopic (exact) mass is 320 g/mol. The van der Waals surface area contributed by atoms with Gasteiger partial charge in [0, 0.05) is 17.6 Å². The Hall–Kier alpha value is -0.610. The first-order valence-corrected chi connectivity index (χ1v) is 7.12. The maximum Gasteiger partial charge on any atom is 0.0931 e. The molecule has 0 aliphatic carbocycles. The quantitative estimate of drug-likeness (QED) is 0.812. The molecule has 2 N–H and O–H groups in total. The number of hydrogen-bond donors (Lipinski definition) is 1. The fourth-order valence-corrected chi connectivity index (χ4v) is 3.63. The van der Waals surface area contributed by atoms with Crippen molar-refractivity contribution >= 4 is 57.5 Å². The minimum atomic E-state index is 0.546. The van der Waals surface area contributed by atoms with Gasteiger partial charge in [-0.2, -0.15) is 0 Å². The van der Waals surface area contributed by atoms with E-state index in [1.54, 1.807) is 12.1 Å². The second-order valence-corrected chi connectivity index (χ2v) is 6.51. The molecule has 18 heavy (non-hydrogen) atoms. The van der Waals surface area contributed by atoms with Crippen molar-refractivity contribution in [2.45, 2.75) is 6.54 Å². The first kappa shape index (κ1) is 13.8. The number of hydrogen-bond acceptors (Lipinski definition) is 3. The third-order valence-electron chi connectivity index (χ3n) is 2.44. The van der Waals surface area contributed by atoms with Crippen LogP contribution in [-0.2, 0) is 6.54 Å². The molecule has 0 amide bonds. The average molecular weight is 322 g/mol. The molecule has 0 spiro atoms. The number of halogens is 3. The molecule has 0 saturated heterocycles. The molecule has 0 bridgehead atoms. The molecule has 6 heteroatoms. The summed E-state index contributed by atoms with van der Waals surface area (Å²) in [6.45, 7) is 0.695. The van der Waals surface area contributed by atoms with Crippen LogP contribution in [0.5, 0.6) is 0 Å². The van der Waals surface area contributed by atoms with Crippen molar-refractivity contribution < 1.29 is 0 Å². The summed E-state index contributed by atoms with van der Waals surface area (Å²) in [5, 5.41) is 1.09. The van der Waals surface area contributed by atoms with Crippen LogP contribution < -0.4 is 10.6 Å². The van der Waals surface area contributed by atoms with Crippen molar-refractivity contribution in [2.75, 3.05) is 17.7 Å². The van der Waals surface area contributed by atoms with E-state index in [9.17, 15) is 0 Å². The van der Waals surface area contributed by atoms with Gasteiger partial charge < -0.3 is 10.6 Å². The Morgan fingerprint density at radius 3 is 2.28 bits per heavy atom. The first-order valence-electron chi connectivity index (χ1n) is 5.17. The maximum atomic E-state index is 6.17. The molecule has 2 aromatic rings. The fourth-order valence-electron chi connectivity index (χ4n) is 1.70. The summed E-state index contributed by atoms with van der Waals surface area (Å²) < 4.78 is 0.771. The molecule has 0 saturated carbocycles. The van der Waals surface area contributed by atoms with E-state index in [4.69, 9.17) is 40.5 Å². The smallest absolute Gasteiger partial charge is 0.0931 e. The molecule has 1 aromatic heterocycles. The summed E-state index contributed by atoms with van der Waals surface area (Å²) >= 11 is 19.8. The number of thiophene rings is 1. The van der Waals surface area contributed by atoms with Crippen LogP contribution in [0.2, 0.25) is 14.4 Å². The molecule has 0 radical (unpaired) electrons. The minimum absolute atomic E-state index is 0.546. The lowest BCUT2D eigenvalue weighted by atomic mass is 10.2. The van der Waals surface area contributed by atoms with Gasteiger partial charge in [-0.25, -0.2) is 0 Å². The zero-order valence-corrected chi connectivity index (χ0v) is 12.7. The molecule has 2 rings (SSSR count). The predicted molar refractivity (Wildman–Crippen MR) is 82.3 cm³/mol. The number of benzene rings is 1. The maximum absolute atomic E-state index is 6.17. The standard InChI is InChI=1S/C12H11Cl3N2S/c1-17(6-8-2-3-11(15)18-8)12-9(13)4-7(16)5-10(12)14/h2-5H,6,16H2,1H3. The van der Waals surface area contributed by atoms with Crippen molar-refractivity contribution in [3.8, 4) is 0 Å². The second kappa shape index (κ2) is 5.57. The van der Waals surface area contributed by atoms with E-state index in [2.05, 4.69) is 0 Å². The van der Waals surface area contributed by atoms with Crippen LogP contribution in [0, 0.1) is 0 Å². The predicted octanol–water partition coefficient (Wildman–Crippen LogP) is 4.93. The van der Waals surface area contributed by atoms with E-state index in [1.165, 1.54) is 11.3 Å². The number of rotatable bonds is 3. The number of anilines is 2. The first-order chi connectivity index (χ1) is 8.47. The highest BCUT2D eigenvalue weighted by Crippen LogP contribution is 2.36. The molecule has 0 aliphatic rings. The van der Waals surface area contributed by atoms with Crippen LogP contribution in [0.1, 0.15) is 4.88 Å². The van der Waals surface area contributed by atoms with Crippen LogP contribution in [-0.4, -0.2) is 7.05 Å². The van der Waals surface area contributed by atoms with Crippen LogP contribution in [0.25, 0.3) is 0 Å². The Labute approximate surface area is 125 Å². The van der Waals surface area contributed by atoms with Gasteiger partial charge >= 0.3 is 0 Å². The fraction of sp³-hybridized carbons (Fsp3) is 0.167. The Bertz CT molecular complexity index is 545.